The van der Waals surface area contributed by atoms with Gasteiger partial charge in [0.25, 0.3) is 0 Å². The third-order valence-electron chi connectivity index (χ3n) is 6.04. The van der Waals surface area contributed by atoms with Crippen LogP contribution in [0.25, 0.3) is 0 Å². The molecule has 0 radical (unpaired) electrons. The number of hydrogen-bond acceptors (Lipinski definition) is 8. The fourth-order valence-electron chi connectivity index (χ4n) is 4.24. The molecule has 8 nitrogen and oxygen atoms in total. The number of aromatic hydroxyl groups is 2. The largest absolute Gasteiger partial charge is 0.507 e. The summed E-state index contributed by atoms with van der Waals surface area (Å²) in [7, 11) is 2.39. The first-order valence-corrected chi connectivity index (χ1v) is 12.0. The van der Waals surface area contributed by atoms with Gasteiger partial charge in [-0.15, -0.1) is 12.8 Å². The van der Waals surface area contributed by atoms with E-state index in [4.69, 9.17) is 9.84 Å². The third-order valence-corrected chi connectivity index (χ3v) is 6.20. The molecule has 9 heteroatoms. The summed E-state index contributed by atoms with van der Waals surface area (Å²) in [6.45, 7) is 5.72. The minimum Gasteiger partial charge on any atom is -0.507 e. The van der Waals surface area contributed by atoms with Crippen molar-refractivity contribution in [1.29, 1.82) is 0 Å². The van der Waals surface area contributed by atoms with Gasteiger partial charge in [0, 0.05) is 46.6 Å². The highest BCUT2D eigenvalue weighted by Crippen LogP contribution is 2.43. The van der Waals surface area contributed by atoms with Gasteiger partial charge < -0.3 is 25.4 Å². The quantitative estimate of drug-likeness (QED) is 0.122. The first-order valence-electron chi connectivity index (χ1n) is 11.5. The highest BCUT2D eigenvalue weighted by Gasteiger charge is 2.33. The molecule has 0 saturated carbocycles. The van der Waals surface area contributed by atoms with Crippen LogP contribution in [-0.4, -0.2) is 58.8 Å². The molecule has 1 amide bonds. The van der Waals surface area contributed by atoms with Gasteiger partial charge >= 0.3 is 0 Å². The molecule has 3 rings (SSSR count). The summed E-state index contributed by atoms with van der Waals surface area (Å²) < 4.78 is 4.81. The maximum atomic E-state index is 13.4. The number of methoxy groups -OCH3 is 1. The van der Waals surface area contributed by atoms with E-state index in [0.29, 0.717) is 36.8 Å². The number of carbonyl (C=O) groups excluding carboxylic acids is 3. The van der Waals surface area contributed by atoms with Gasteiger partial charge in [0.05, 0.1) is 18.2 Å². The van der Waals surface area contributed by atoms with Crippen molar-refractivity contribution >= 4 is 30.6 Å². The van der Waals surface area contributed by atoms with Crippen LogP contribution in [-0.2, 0) is 17.6 Å². The van der Waals surface area contributed by atoms with E-state index < -0.39 is 11.7 Å². The molecule has 1 unspecified atom stereocenters. The highest BCUT2D eigenvalue weighted by molar-refractivity contribution is 7.81. The molecule has 0 aromatic heterocycles. The Morgan fingerprint density at radius 2 is 1.81 bits per heavy atom. The molecule has 0 aliphatic heterocycles. The topological polar surface area (TPSA) is 133 Å². The zero-order chi connectivity index (χ0) is 28.5. The molecule has 2 aromatic rings. The molecule has 2 aromatic carbocycles. The lowest BCUT2D eigenvalue weighted by Gasteiger charge is -2.28. The summed E-state index contributed by atoms with van der Waals surface area (Å²) in [6.07, 6.45) is 9.62. The molecule has 1 atom stereocenters. The number of benzene rings is 2. The molecular weight excluding hydrogens is 494 g/mol. The number of terminal acetylenes is 1. The van der Waals surface area contributed by atoms with Gasteiger partial charge in [-0.25, -0.2) is 0 Å². The number of ether oxygens (including phenoxy) is 1. The van der Waals surface area contributed by atoms with Gasteiger partial charge in [0.2, 0.25) is 5.91 Å². The zero-order valence-corrected chi connectivity index (χ0v) is 22.7. The Labute approximate surface area is 223 Å². The van der Waals surface area contributed by atoms with Gasteiger partial charge in [-0.1, -0.05) is 12.1 Å². The maximum absolute atomic E-state index is 13.4. The molecule has 4 N–H and O–H groups in total. The van der Waals surface area contributed by atoms with Crippen molar-refractivity contribution < 1.29 is 34.4 Å². The fourth-order valence-corrected chi connectivity index (χ4v) is 4.32. The van der Waals surface area contributed by atoms with Crippen LogP contribution in [0.5, 0.6) is 17.2 Å². The monoisotopic (exact) mass is 529 g/mol. The Kier molecular flexibility index (Phi) is 11.7. The third kappa shape index (κ3) is 7.06. The summed E-state index contributed by atoms with van der Waals surface area (Å²) in [5.74, 6) is -1.28. The number of phenols is 2. The van der Waals surface area contributed by atoms with Crippen LogP contribution in [0.15, 0.2) is 18.2 Å². The second-order valence-corrected chi connectivity index (χ2v) is 10.2. The van der Waals surface area contributed by atoms with Crippen LogP contribution >= 0.6 is 12.6 Å². The molecule has 1 aliphatic rings. The van der Waals surface area contributed by atoms with Crippen molar-refractivity contribution in [1.82, 2.24) is 5.32 Å². The maximum Gasteiger partial charge on any atom is 0.223 e. The zero-order valence-electron chi connectivity index (χ0n) is 21.8. The van der Waals surface area contributed by atoms with E-state index in [1.165, 1.54) is 13.2 Å². The number of nitrogens with one attached hydrogen (secondary N) is 1. The van der Waals surface area contributed by atoms with Gasteiger partial charge in [0.1, 0.15) is 17.2 Å². The Bertz CT molecular complexity index is 1170. The summed E-state index contributed by atoms with van der Waals surface area (Å²) >= 11 is 4.42. The van der Waals surface area contributed by atoms with Crippen molar-refractivity contribution in [2.45, 2.75) is 44.8 Å². The van der Waals surface area contributed by atoms with E-state index in [2.05, 4.69) is 30.8 Å². The first-order chi connectivity index (χ1) is 17.5. The van der Waals surface area contributed by atoms with Crippen LogP contribution in [0.1, 0.15) is 63.2 Å². The molecule has 0 spiro atoms. The smallest absolute Gasteiger partial charge is 0.223 e. The first kappa shape index (κ1) is 31.5. The standard InChI is InChI=1S/C25H29NO6S.C2H2.CH4O/c1-13-20(22(29)15-6-5-7-19(32-4)18(15)11-27)23(30)17-10-14(8-9-16(17)21(13)28)24(31)26-12-25(2,3)33;2*1-2/h5-7,11,14,28,30,33H,8-10,12H2,1-4H3,(H,26,31);1-2H;2H,1H3. The average molecular weight is 530 g/mol. The van der Waals surface area contributed by atoms with Gasteiger partial charge in [-0.2, -0.15) is 12.6 Å². The normalized spacial score (nSPS) is 14.0. The van der Waals surface area contributed by atoms with E-state index in [0.717, 1.165) is 7.11 Å². The highest BCUT2D eigenvalue weighted by atomic mass is 32.1. The minimum absolute atomic E-state index is 0.0585. The second kappa shape index (κ2) is 13.7. The van der Waals surface area contributed by atoms with E-state index in [-0.39, 0.29) is 56.6 Å². The van der Waals surface area contributed by atoms with Crippen molar-refractivity contribution in [2.24, 2.45) is 5.92 Å². The van der Waals surface area contributed by atoms with Gasteiger partial charge in [0.15, 0.2) is 12.1 Å². The number of amides is 1. The SMILES string of the molecule is C#C.CO.COc1cccc(C(=O)c2c(C)c(O)c3c(c2O)CC(C(=O)NCC(C)(C)S)CC3)c1C=O. The van der Waals surface area contributed by atoms with Crippen LogP contribution in [0.3, 0.4) is 0 Å². The Morgan fingerprint density at radius 3 is 2.35 bits per heavy atom. The number of rotatable bonds is 7. The van der Waals surface area contributed by atoms with Crippen LogP contribution in [0.4, 0.5) is 0 Å². The number of aliphatic hydroxyl groups excluding tert-OH is 1. The predicted molar refractivity (Wildman–Crippen MR) is 146 cm³/mol. The molecule has 0 saturated heterocycles. The van der Waals surface area contributed by atoms with Crippen LogP contribution < -0.4 is 10.1 Å². The molecule has 0 heterocycles. The number of thiol groups is 1. The number of ketones is 1. The van der Waals surface area contributed by atoms with Crippen LogP contribution in [0, 0.1) is 25.7 Å². The lowest BCUT2D eigenvalue weighted by Crippen LogP contribution is -2.40. The van der Waals surface area contributed by atoms with Crippen molar-refractivity contribution in [3.05, 3.63) is 51.6 Å². The molecular formula is C28H35NO7S. The number of aldehydes is 1. The minimum atomic E-state index is -0.604. The van der Waals surface area contributed by atoms with E-state index in [9.17, 15) is 24.6 Å². The van der Waals surface area contributed by atoms with Crippen molar-refractivity contribution in [2.75, 3.05) is 20.8 Å². The van der Waals surface area contributed by atoms with Crippen LogP contribution in [0.2, 0.25) is 0 Å². The van der Waals surface area contributed by atoms with E-state index in [1.807, 2.05) is 13.8 Å². The van der Waals surface area contributed by atoms with Gasteiger partial charge in [-0.3, -0.25) is 14.4 Å². The number of hydrogen-bond donors (Lipinski definition) is 5. The van der Waals surface area contributed by atoms with E-state index >= 15 is 0 Å². The lowest BCUT2D eigenvalue weighted by atomic mass is 9.79. The molecule has 200 valence electrons. The fraction of sp³-hybridized carbons (Fsp3) is 0.393. The summed E-state index contributed by atoms with van der Waals surface area (Å²) in [6, 6.07) is 4.61. The average Bonchev–Trinajstić information content (AvgIpc) is 2.91. The number of fused-ring (bicyclic) bond motifs is 1. The second-order valence-electron chi connectivity index (χ2n) is 8.99. The van der Waals surface area contributed by atoms with E-state index in [1.54, 1.807) is 19.1 Å². The molecule has 0 fully saturated rings. The van der Waals surface area contributed by atoms with Gasteiger partial charge in [-0.05, 0) is 46.1 Å². The Morgan fingerprint density at radius 1 is 1.19 bits per heavy atom. The Balaban J connectivity index is 0.00000163. The molecule has 1 aliphatic carbocycles. The lowest BCUT2D eigenvalue weighted by molar-refractivity contribution is -0.125. The summed E-state index contributed by atoms with van der Waals surface area (Å²) in [5.41, 5.74) is 1.20. The summed E-state index contributed by atoms with van der Waals surface area (Å²) in [5, 5.41) is 31.8. The number of aliphatic hydroxyl groups is 1. The summed E-state index contributed by atoms with van der Waals surface area (Å²) in [4.78, 5) is 37.8. The molecule has 37 heavy (non-hydrogen) atoms. The van der Waals surface area contributed by atoms with Crippen molar-refractivity contribution in [3.63, 3.8) is 0 Å². The predicted octanol–water partition coefficient (Wildman–Crippen LogP) is 3.25. The Hall–Kier alpha value is -3.48. The van der Waals surface area contributed by atoms with Crippen molar-refractivity contribution in [3.8, 4) is 30.1 Å². The number of carbonyl (C=O) groups is 3. The molecule has 0 bridgehead atoms. The number of phenolic OH excluding ortho intramolecular Hbond substituents is 2.